The fourth-order valence-electron chi connectivity index (χ4n) is 4.89. The van der Waals surface area contributed by atoms with E-state index < -0.39 is 0 Å². The van der Waals surface area contributed by atoms with Crippen molar-refractivity contribution >= 4 is 45.6 Å². The summed E-state index contributed by atoms with van der Waals surface area (Å²) >= 11 is 0. The molecule has 4 aromatic rings. The zero-order valence-corrected chi connectivity index (χ0v) is 20.9. The Labute approximate surface area is 211 Å². The Morgan fingerprint density at radius 1 is 0.444 bits per heavy atom. The lowest BCUT2D eigenvalue weighted by molar-refractivity contribution is 1.33. The molecule has 0 amide bonds. The molecule has 2 heterocycles. The van der Waals surface area contributed by atoms with Gasteiger partial charge in [0.1, 0.15) is 22.8 Å². The summed E-state index contributed by atoms with van der Waals surface area (Å²) in [5, 5.41) is 0. The molecule has 36 heavy (non-hydrogen) atoms. The highest BCUT2D eigenvalue weighted by molar-refractivity contribution is 6.88. The van der Waals surface area contributed by atoms with E-state index in [1.165, 1.54) is 0 Å². The summed E-state index contributed by atoms with van der Waals surface area (Å²) < 4.78 is 0. The van der Waals surface area contributed by atoms with Crippen LogP contribution in [-0.4, -0.2) is 22.8 Å². The highest BCUT2D eigenvalue weighted by Crippen LogP contribution is 2.36. The van der Waals surface area contributed by atoms with Gasteiger partial charge in [-0.15, -0.1) is 0 Å². The molecule has 0 atom stereocenters. The number of fused-ring (bicyclic) bond motifs is 2. The predicted octanol–water partition coefficient (Wildman–Crippen LogP) is 8.03. The van der Waals surface area contributed by atoms with E-state index >= 15 is 0 Å². The topological polar surface area (TPSA) is 49.4 Å². The summed E-state index contributed by atoms with van der Waals surface area (Å²) in [5.41, 5.74) is 13.5. The molecular formula is C32H26N4. The normalized spacial score (nSPS) is 16.2. The maximum Gasteiger partial charge on any atom is 0.118 e. The number of nitrogens with zero attached hydrogens (tertiary/aromatic N) is 4. The van der Waals surface area contributed by atoms with Gasteiger partial charge >= 0.3 is 0 Å². The van der Waals surface area contributed by atoms with E-state index in [1.54, 1.807) is 0 Å². The predicted molar refractivity (Wildman–Crippen MR) is 151 cm³/mol. The van der Waals surface area contributed by atoms with Crippen molar-refractivity contribution in [1.29, 1.82) is 0 Å². The second-order valence-electron chi connectivity index (χ2n) is 9.36. The zero-order chi connectivity index (χ0) is 24.8. The number of benzene rings is 4. The van der Waals surface area contributed by atoms with Crippen molar-refractivity contribution in [2.75, 3.05) is 0 Å². The van der Waals surface area contributed by atoms with Gasteiger partial charge in [-0.3, -0.25) is 0 Å². The van der Waals surface area contributed by atoms with E-state index in [0.29, 0.717) is 0 Å². The van der Waals surface area contributed by atoms with Gasteiger partial charge in [-0.25, -0.2) is 20.0 Å². The van der Waals surface area contributed by atoms with Gasteiger partial charge in [-0.2, -0.15) is 0 Å². The molecule has 2 aliphatic rings. The smallest absolute Gasteiger partial charge is 0.118 e. The molecular weight excluding hydrogens is 440 g/mol. The van der Waals surface area contributed by atoms with Gasteiger partial charge in [0.05, 0.1) is 22.7 Å². The first-order chi connectivity index (χ1) is 17.5. The van der Waals surface area contributed by atoms with Gasteiger partial charge in [0.15, 0.2) is 0 Å². The molecule has 4 nitrogen and oxygen atoms in total. The Morgan fingerprint density at radius 2 is 0.806 bits per heavy atom. The van der Waals surface area contributed by atoms with E-state index in [-0.39, 0.29) is 0 Å². The third-order valence-electron chi connectivity index (χ3n) is 6.78. The van der Waals surface area contributed by atoms with Crippen molar-refractivity contribution < 1.29 is 0 Å². The van der Waals surface area contributed by atoms with Crippen LogP contribution in [0.2, 0.25) is 0 Å². The van der Waals surface area contributed by atoms with E-state index in [9.17, 15) is 0 Å². The van der Waals surface area contributed by atoms with E-state index in [0.717, 1.165) is 79.0 Å². The van der Waals surface area contributed by atoms with Gasteiger partial charge in [0.25, 0.3) is 0 Å². The number of hydrogen-bond donors (Lipinski definition) is 0. The summed E-state index contributed by atoms with van der Waals surface area (Å²) in [4.78, 5) is 20.6. The molecule has 0 N–H and O–H groups in total. The quantitative estimate of drug-likeness (QED) is 0.293. The van der Waals surface area contributed by atoms with E-state index in [1.807, 2.05) is 36.4 Å². The van der Waals surface area contributed by atoms with Crippen LogP contribution in [0.3, 0.4) is 0 Å². The Kier molecular flexibility index (Phi) is 5.30. The molecule has 174 valence electrons. The fourth-order valence-corrected chi connectivity index (χ4v) is 4.89. The van der Waals surface area contributed by atoms with E-state index in [2.05, 4.69) is 76.2 Å². The number of aliphatic imine (C=N–C) groups is 4. The van der Waals surface area contributed by atoms with Crippen molar-refractivity contribution in [3.05, 3.63) is 118 Å². The van der Waals surface area contributed by atoms with Crippen molar-refractivity contribution in [2.45, 2.75) is 27.7 Å². The van der Waals surface area contributed by atoms with Crippen LogP contribution in [-0.2, 0) is 0 Å². The second kappa shape index (κ2) is 8.65. The lowest BCUT2D eigenvalue weighted by Gasteiger charge is -2.11. The first kappa shape index (κ1) is 22.1. The number of para-hydroxylation sites is 4. The van der Waals surface area contributed by atoms with Gasteiger partial charge < -0.3 is 0 Å². The third kappa shape index (κ3) is 3.62. The average Bonchev–Trinajstić information content (AvgIpc) is 3.42. The van der Waals surface area contributed by atoms with Crippen LogP contribution in [0.15, 0.2) is 105 Å². The molecule has 0 aromatic heterocycles. The maximum atomic E-state index is 5.21. The Morgan fingerprint density at radius 3 is 1.19 bits per heavy atom. The van der Waals surface area contributed by atoms with Gasteiger partial charge in [-0.1, -0.05) is 72.8 Å². The van der Waals surface area contributed by atoms with Crippen molar-refractivity contribution in [1.82, 2.24) is 0 Å². The fraction of sp³-hybridized carbons (Fsp3) is 0.125. The minimum Gasteiger partial charge on any atom is -0.245 e. The van der Waals surface area contributed by atoms with Crippen molar-refractivity contribution in [3.8, 4) is 0 Å². The molecule has 2 aliphatic heterocycles. The van der Waals surface area contributed by atoms with Crippen LogP contribution < -0.4 is 0 Å². The van der Waals surface area contributed by atoms with Crippen LogP contribution in [0.4, 0.5) is 22.7 Å². The maximum absolute atomic E-state index is 5.21. The molecule has 0 radical (unpaired) electrons. The number of rotatable bonds is 3. The number of hydrogen-bond acceptors (Lipinski definition) is 4. The Balaban J connectivity index is 1.58. The summed E-state index contributed by atoms with van der Waals surface area (Å²) in [7, 11) is 0. The first-order valence-corrected chi connectivity index (χ1v) is 12.2. The van der Waals surface area contributed by atoms with Crippen LogP contribution in [0.25, 0.3) is 0 Å². The molecule has 0 spiro atoms. The van der Waals surface area contributed by atoms with Gasteiger partial charge in [0.2, 0.25) is 0 Å². The molecule has 0 saturated carbocycles. The molecule has 0 fully saturated rings. The summed E-state index contributed by atoms with van der Waals surface area (Å²) in [6.07, 6.45) is 0. The van der Waals surface area contributed by atoms with Gasteiger partial charge in [0, 0.05) is 11.1 Å². The molecule has 0 aliphatic carbocycles. The highest BCUT2D eigenvalue weighted by Gasteiger charge is 2.34. The van der Waals surface area contributed by atoms with Crippen LogP contribution in [0, 0.1) is 27.7 Å². The van der Waals surface area contributed by atoms with E-state index in [4.69, 9.17) is 20.0 Å². The monoisotopic (exact) mass is 466 g/mol. The van der Waals surface area contributed by atoms with Crippen LogP contribution in [0.1, 0.15) is 33.4 Å². The van der Waals surface area contributed by atoms with Crippen molar-refractivity contribution in [2.24, 2.45) is 20.0 Å². The second-order valence-corrected chi connectivity index (χ2v) is 9.36. The summed E-state index contributed by atoms with van der Waals surface area (Å²) in [6.45, 7) is 8.39. The lowest BCUT2D eigenvalue weighted by atomic mass is 9.98. The minimum atomic E-state index is 0.764. The Bertz CT molecular complexity index is 1500. The first-order valence-electron chi connectivity index (χ1n) is 12.2. The highest BCUT2D eigenvalue weighted by atomic mass is 14.9. The van der Waals surface area contributed by atoms with Crippen LogP contribution in [0.5, 0.6) is 0 Å². The largest absolute Gasteiger partial charge is 0.245 e. The Hall–Kier alpha value is -4.44. The van der Waals surface area contributed by atoms with Gasteiger partial charge in [-0.05, 0) is 62.1 Å². The minimum absolute atomic E-state index is 0.764. The summed E-state index contributed by atoms with van der Waals surface area (Å²) in [5.74, 6) is 0. The zero-order valence-electron chi connectivity index (χ0n) is 20.9. The van der Waals surface area contributed by atoms with Crippen molar-refractivity contribution in [3.63, 3.8) is 0 Å². The molecule has 0 bridgehead atoms. The third-order valence-corrected chi connectivity index (χ3v) is 6.78. The molecule has 0 unspecified atom stereocenters. The molecule has 4 heteroatoms. The molecule has 4 aromatic carbocycles. The van der Waals surface area contributed by atoms with Crippen LogP contribution >= 0.6 is 0 Å². The average molecular weight is 467 g/mol. The SMILES string of the molecule is Cc1cccc(C)c1N=C1C(C2=Nc3ccccc3C2=Nc2c(C)cccc2C)=Nc2ccccc21. The molecule has 0 saturated heterocycles. The number of aryl methyl sites for hydroxylation is 4. The summed E-state index contributed by atoms with van der Waals surface area (Å²) in [6, 6.07) is 28.9. The molecule has 6 rings (SSSR count). The standard InChI is InChI=1S/C32H26N4/c1-19-11-9-12-20(2)27(19)35-29-23-15-5-7-17-25(23)33-31(29)32-30(24-16-6-8-18-26(24)34-32)36-28-21(3)13-10-14-22(28)4/h5-18H,1-4H3. The lowest BCUT2D eigenvalue weighted by Crippen LogP contribution is -2.27.